The van der Waals surface area contributed by atoms with Gasteiger partial charge in [0.25, 0.3) is 5.91 Å². The molecule has 1 aliphatic carbocycles. The van der Waals surface area contributed by atoms with E-state index in [-0.39, 0.29) is 15.7 Å². The summed E-state index contributed by atoms with van der Waals surface area (Å²) in [5.74, 6) is -0.115. The van der Waals surface area contributed by atoms with Crippen molar-refractivity contribution in [2.75, 3.05) is 11.1 Å². The molecule has 0 spiro atoms. The van der Waals surface area contributed by atoms with Crippen LogP contribution in [0.2, 0.25) is 5.15 Å². The second-order valence-corrected chi connectivity index (χ2v) is 5.50. The summed E-state index contributed by atoms with van der Waals surface area (Å²) >= 11 is 7.21. The number of amides is 1. The molecule has 0 unspecified atom stereocenters. The SMILES string of the molecule is NC(=O)c1sc2nc(NC3CC3)nc(Cl)c2c1N. The zero-order valence-corrected chi connectivity index (χ0v) is 10.8. The highest BCUT2D eigenvalue weighted by atomic mass is 35.5. The number of carbonyl (C=O) groups is 1. The number of halogens is 1. The Bertz CT molecular complexity index is 651. The fraction of sp³-hybridized carbons (Fsp3) is 0.300. The Hall–Kier alpha value is -1.60. The summed E-state index contributed by atoms with van der Waals surface area (Å²) in [7, 11) is 0. The van der Waals surface area contributed by atoms with Crippen LogP contribution in [0.1, 0.15) is 22.5 Å². The van der Waals surface area contributed by atoms with Gasteiger partial charge in [-0.3, -0.25) is 4.79 Å². The van der Waals surface area contributed by atoms with E-state index in [0.717, 1.165) is 24.2 Å². The van der Waals surface area contributed by atoms with Gasteiger partial charge in [0.05, 0.1) is 11.1 Å². The first-order valence-electron chi connectivity index (χ1n) is 5.38. The fourth-order valence-corrected chi connectivity index (χ4v) is 2.91. The number of aromatic nitrogens is 2. The van der Waals surface area contributed by atoms with Crippen molar-refractivity contribution < 1.29 is 4.79 Å². The maximum absolute atomic E-state index is 11.2. The number of nitrogens with zero attached hydrogens (tertiary/aromatic N) is 2. The van der Waals surface area contributed by atoms with E-state index in [1.165, 1.54) is 0 Å². The Labute approximate surface area is 111 Å². The summed E-state index contributed by atoms with van der Waals surface area (Å²) in [6.45, 7) is 0. The minimum Gasteiger partial charge on any atom is -0.397 e. The van der Waals surface area contributed by atoms with Gasteiger partial charge in [-0.15, -0.1) is 11.3 Å². The third-order valence-electron chi connectivity index (χ3n) is 2.68. The van der Waals surface area contributed by atoms with Gasteiger partial charge in [-0.25, -0.2) is 9.97 Å². The Morgan fingerprint density at radius 2 is 2.17 bits per heavy atom. The molecule has 0 radical (unpaired) electrons. The van der Waals surface area contributed by atoms with Gasteiger partial charge in [-0.1, -0.05) is 11.6 Å². The van der Waals surface area contributed by atoms with Crippen LogP contribution >= 0.6 is 22.9 Å². The first-order chi connectivity index (χ1) is 8.56. The predicted molar refractivity (Wildman–Crippen MR) is 72.0 cm³/mol. The van der Waals surface area contributed by atoms with Gasteiger partial charge in [0.15, 0.2) is 0 Å². The lowest BCUT2D eigenvalue weighted by Gasteiger charge is -2.03. The lowest BCUT2D eigenvalue weighted by molar-refractivity contribution is 0.100. The molecule has 2 aromatic heterocycles. The molecule has 0 aliphatic heterocycles. The molecule has 1 amide bonds. The molecular formula is C10H10ClN5OS. The summed E-state index contributed by atoms with van der Waals surface area (Å²) in [6.07, 6.45) is 2.22. The number of nitrogen functional groups attached to an aromatic ring is 1. The molecule has 1 fully saturated rings. The molecule has 18 heavy (non-hydrogen) atoms. The van der Waals surface area contributed by atoms with Crippen molar-refractivity contribution in [2.24, 2.45) is 5.73 Å². The number of nitrogens with one attached hydrogen (secondary N) is 1. The molecule has 1 aliphatic rings. The highest BCUT2D eigenvalue weighted by molar-refractivity contribution is 7.21. The van der Waals surface area contributed by atoms with Gasteiger partial charge in [0, 0.05) is 6.04 Å². The molecule has 2 heterocycles. The van der Waals surface area contributed by atoms with Gasteiger partial charge < -0.3 is 16.8 Å². The number of nitrogens with two attached hydrogens (primary N) is 2. The Morgan fingerprint density at radius 1 is 1.44 bits per heavy atom. The molecule has 3 rings (SSSR count). The Morgan fingerprint density at radius 3 is 2.78 bits per heavy atom. The van der Waals surface area contributed by atoms with Crippen molar-refractivity contribution in [1.82, 2.24) is 9.97 Å². The third kappa shape index (κ3) is 1.85. The van der Waals surface area contributed by atoms with Crippen molar-refractivity contribution in [2.45, 2.75) is 18.9 Å². The van der Waals surface area contributed by atoms with E-state index >= 15 is 0 Å². The number of carbonyl (C=O) groups excluding carboxylic acids is 1. The monoisotopic (exact) mass is 283 g/mol. The second-order valence-electron chi connectivity index (χ2n) is 4.15. The molecule has 0 aromatic carbocycles. The van der Waals surface area contributed by atoms with Gasteiger partial charge in [0.2, 0.25) is 5.95 Å². The number of fused-ring (bicyclic) bond motifs is 1. The van der Waals surface area contributed by atoms with Crippen LogP contribution in [0.3, 0.4) is 0 Å². The van der Waals surface area contributed by atoms with Crippen molar-refractivity contribution in [3.8, 4) is 0 Å². The van der Waals surface area contributed by atoms with Gasteiger partial charge in [-0.2, -0.15) is 0 Å². The quantitative estimate of drug-likeness (QED) is 0.742. The van der Waals surface area contributed by atoms with Crippen LogP contribution < -0.4 is 16.8 Å². The zero-order chi connectivity index (χ0) is 12.9. The van der Waals surface area contributed by atoms with Crippen LogP contribution in [0.4, 0.5) is 11.6 Å². The largest absolute Gasteiger partial charge is 0.397 e. The van der Waals surface area contributed by atoms with Gasteiger partial charge in [0.1, 0.15) is 14.9 Å². The number of thiophene rings is 1. The molecule has 6 nitrogen and oxygen atoms in total. The fourth-order valence-electron chi connectivity index (χ4n) is 1.64. The predicted octanol–water partition coefficient (Wildman–Crippen LogP) is 1.60. The van der Waals surface area contributed by atoms with E-state index in [4.69, 9.17) is 23.1 Å². The van der Waals surface area contributed by atoms with Gasteiger partial charge in [-0.05, 0) is 12.8 Å². The van der Waals surface area contributed by atoms with Gasteiger partial charge >= 0.3 is 0 Å². The van der Waals surface area contributed by atoms with Crippen LogP contribution in [-0.4, -0.2) is 21.9 Å². The number of hydrogen-bond acceptors (Lipinski definition) is 6. The molecule has 0 saturated heterocycles. The summed E-state index contributed by atoms with van der Waals surface area (Å²) in [4.78, 5) is 20.5. The highest BCUT2D eigenvalue weighted by Gasteiger charge is 2.24. The minimum absolute atomic E-state index is 0.240. The maximum atomic E-state index is 11.2. The molecule has 94 valence electrons. The summed E-state index contributed by atoms with van der Waals surface area (Å²) in [6, 6.07) is 0.423. The van der Waals surface area contributed by atoms with Crippen LogP contribution in [-0.2, 0) is 0 Å². The number of hydrogen-bond donors (Lipinski definition) is 3. The smallest absolute Gasteiger partial charge is 0.260 e. The first kappa shape index (κ1) is 11.5. The van der Waals surface area contributed by atoms with E-state index in [0.29, 0.717) is 22.2 Å². The molecule has 0 bridgehead atoms. The standard InChI is InChI=1S/C10H10ClN5OS/c11-7-4-5(12)6(8(13)17)18-9(4)16-10(15-7)14-3-1-2-3/h3H,1-2,12H2,(H2,13,17)(H,14,15,16). The Kier molecular flexibility index (Phi) is 2.53. The van der Waals surface area contributed by atoms with Crippen molar-refractivity contribution in [1.29, 1.82) is 0 Å². The normalized spacial score (nSPS) is 14.9. The van der Waals surface area contributed by atoms with E-state index in [9.17, 15) is 4.79 Å². The highest BCUT2D eigenvalue weighted by Crippen LogP contribution is 2.37. The third-order valence-corrected chi connectivity index (χ3v) is 4.07. The first-order valence-corrected chi connectivity index (χ1v) is 6.57. The molecular weight excluding hydrogens is 274 g/mol. The maximum Gasteiger partial charge on any atom is 0.260 e. The Balaban J connectivity index is 2.14. The van der Waals surface area contributed by atoms with Crippen molar-refractivity contribution >= 4 is 50.7 Å². The van der Waals surface area contributed by atoms with Crippen LogP contribution in [0.15, 0.2) is 0 Å². The average Bonchev–Trinajstić information content (AvgIpc) is 3.01. The van der Waals surface area contributed by atoms with Crippen molar-refractivity contribution in [3.05, 3.63) is 10.0 Å². The van der Waals surface area contributed by atoms with E-state index in [1.807, 2.05) is 0 Å². The van der Waals surface area contributed by atoms with E-state index in [1.54, 1.807) is 0 Å². The summed E-state index contributed by atoms with van der Waals surface area (Å²) in [5, 5.41) is 3.89. The minimum atomic E-state index is -0.580. The van der Waals surface area contributed by atoms with Crippen molar-refractivity contribution in [3.63, 3.8) is 0 Å². The lowest BCUT2D eigenvalue weighted by Crippen LogP contribution is -2.10. The molecule has 2 aromatic rings. The average molecular weight is 284 g/mol. The summed E-state index contributed by atoms with van der Waals surface area (Å²) < 4.78 is 0. The molecule has 1 saturated carbocycles. The van der Waals surface area contributed by atoms with E-state index < -0.39 is 5.91 Å². The summed E-state index contributed by atoms with van der Waals surface area (Å²) in [5.41, 5.74) is 11.3. The second kappa shape index (κ2) is 3.96. The number of primary amides is 1. The number of rotatable bonds is 3. The molecule has 8 heteroatoms. The van der Waals surface area contributed by atoms with Crippen LogP contribution in [0.5, 0.6) is 0 Å². The van der Waals surface area contributed by atoms with Crippen LogP contribution in [0.25, 0.3) is 10.2 Å². The lowest BCUT2D eigenvalue weighted by atomic mass is 10.3. The molecule has 0 atom stereocenters. The van der Waals surface area contributed by atoms with Crippen LogP contribution in [0, 0.1) is 0 Å². The van der Waals surface area contributed by atoms with E-state index in [2.05, 4.69) is 15.3 Å². The molecule has 5 N–H and O–H groups in total. The number of anilines is 2. The zero-order valence-electron chi connectivity index (χ0n) is 9.24. The topological polar surface area (TPSA) is 107 Å².